The summed E-state index contributed by atoms with van der Waals surface area (Å²) in [5, 5.41) is 3.38. The topological polar surface area (TPSA) is 67.9 Å². The molecule has 1 aromatic carbocycles. The second-order valence-electron chi connectivity index (χ2n) is 9.21. The highest BCUT2D eigenvalue weighted by Gasteiger charge is 2.38. The van der Waals surface area contributed by atoms with E-state index in [0.29, 0.717) is 31.6 Å². The average Bonchev–Trinajstić information content (AvgIpc) is 2.81. The average molecular weight is 431 g/mol. The number of hydrogen-bond acceptors (Lipinski definition) is 5. The van der Waals surface area contributed by atoms with Crippen LogP contribution in [0.25, 0.3) is 0 Å². The quantitative estimate of drug-likeness (QED) is 0.701. The van der Waals surface area contributed by atoms with Gasteiger partial charge in [-0.15, -0.1) is 0 Å². The zero-order chi connectivity index (χ0) is 22.1. The summed E-state index contributed by atoms with van der Waals surface area (Å²) in [6, 6.07) is 10.8. The van der Waals surface area contributed by atoms with Gasteiger partial charge in [0.25, 0.3) is 12.4 Å². The van der Waals surface area contributed by atoms with Gasteiger partial charge in [-0.25, -0.2) is 0 Å². The van der Waals surface area contributed by atoms with E-state index in [0.717, 1.165) is 31.3 Å². The summed E-state index contributed by atoms with van der Waals surface area (Å²) in [5.41, 5.74) is 1.30. The van der Waals surface area contributed by atoms with E-state index >= 15 is 0 Å². The second-order valence-corrected chi connectivity index (χ2v) is 9.21. The van der Waals surface area contributed by atoms with Gasteiger partial charge in [0.15, 0.2) is 0 Å². The van der Waals surface area contributed by atoms with Gasteiger partial charge in [0.2, 0.25) is 0 Å². The van der Waals surface area contributed by atoms with Crippen molar-refractivity contribution in [3.63, 3.8) is 0 Å². The Hall–Kier alpha value is -1.92. The number of nitrogens with zero attached hydrogens (tertiary/aromatic N) is 1. The summed E-state index contributed by atoms with van der Waals surface area (Å²) < 4.78 is 9.70. The largest absolute Gasteiger partial charge is 0.471 e. The summed E-state index contributed by atoms with van der Waals surface area (Å²) in [4.78, 5) is 24.2. The van der Waals surface area contributed by atoms with E-state index in [1.165, 1.54) is 44.8 Å². The molecule has 1 aliphatic heterocycles. The SMILES string of the molecule is CCC1CC2CCC(NC(=O)C3CN(Cc4ccccc4)CCO3)C(C1)C2.COC=O. The molecule has 4 rings (SSSR count). The lowest BCUT2D eigenvalue weighted by molar-refractivity contribution is -0.140. The molecule has 172 valence electrons. The standard InChI is InChI=1S/C23H34N2O2.C2H4O2/c1-2-17-12-19-8-9-21(20(13-17)14-19)24-23(26)22-16-25(10-11-27-22)15-18-6-4-3-5-7-18;1-4-2-3/h3-7,17,19-22H,2,8-16H2,1H3,(H,24,26);2H,1H3. The van der Waals surface area contributed by atoms with Crippen molar-refractivity contribution in [1.29, 1.82) is 0 Å². The fourth-order valence-electron chi connectivity index (χ4n) is 5.48. The maximum atomic E-state index is 12.9. The maximum Gasteiger partial charge on any atom is 0.292 e. The number of hydrogen-bond donors (Lipinski definition) is 1. The smallest absolute Gasteiger partial charge is 0.292 e. The van der Waals surface area contributed by atoms with E-state index in [2.05, 4.69) is 46.1 Å². The van der Waals surface area contributed by atoms with Gasteiger partial charge in [0.05, 0.1) is 13.7 Å². The molecule has 1 N–H and O–H groups in total. The highest BCUT2D eigenvalue weighted by atomic mass is 16.5. The Bertz CT molecular complexity index is 683. The Labute approximate surface area is 186 Å². The van der Waals surface area contributed by atoms with Crippen LogP contribution in [0.15, 0.2) is 30.3 Å². The molecule has 31 heavy (non-hydrogen) atoms. The summed E-state index contributed by atoms with van der Waals surface area (Å²) >= 11 is 0. The van der Waals surface area contributed by atoms with Gasteiger partial charge >= 0.3 is 0 Å². The molecule has 3 fully saturated rings. The van der Waals surface area contributed by atoms with Crippen molar-refractivity contribution in [3.8, 4) is 0 Å². The van der Waals surface area contributed by atoms with Crippen molar-refractivity contribution < 1.29 is 19.1 Å². The molecular formula is C25H38N2O4. The summed E-state index contributed by atoms with van der Waals surface area (Å²) in [7, 11) is 1.31. The molecule has 1 aromatic rings. The lowest BCUT2D eigenvalue weighted by atomic mass is 9.65. The third-order valence-corrected chi connectivity index (χ3v) is 7.09. The van der Waals surface area contributed by atoms with E-state index in [1.54, 1.807) is 0 Å². The van der Waals surface area contributed by atoms with Gasteiger partial charge in [-0.2, -0.15) is 0 Å². The first-order chi connectivity index (χ1) is 15.1. The van der Waals surface area contributed by atoms with Crippen molar-refractivity contribution in [3.05, 3.63) is 35.9 Å². The molecule has 2 bridgehead atoms. The van der Waals surface area contributed by atoms with E-state index in [9.17, 15) is 4.79 Å². The highest BCUT2D eigenvalue weighted by Crippen LogP contribution is 2.43. The molecule has 0 spiro atoms. The number of benzene rings is 1. The molecule has 6 heteroatoms. The van der Waals surface area contributed by atoms with Gasteiger partial charge < -0.3 is 14.8 Å². The molecular weight excluding hydrogens is 392 g/mol. The minimum atomic E-state index is -0.328. The summed E-state index contributed by atoms with van der Waals surface area (Å²) in [5.74, 6) is 2.54. The van der Waals surface area contributed by atoms with Gasteiger partial charge in [0, 0.05) is 25.7 Å². The molecule has 5 atom stereocenters. The van der Waals surface area contributed by atoms with Gasteiger partial charge in [0.1, 0.15) is 6.10 Å². The molecule has 6 nitrogen and oxygen atoms in total. The predicted molar refractivity (Wildman–Crippen MR) is 120 cm³/mol. The van der Waals surface area contributed by atoms with Crippen LogP contribution >= 0.6 is 0 Å². The van der Waals surface area contributed by atoms with Crippen LogP contribution in [0.4, 0.5) is 0 Å². The Morgan fingerprint density at radius 3 is 2.71 bits per heavy atom. The fourth-order valence-corrected chi connectivity index (χ4v) is 5.48. The lowest BCUT2D eigenvalue weighted by Gasteiger charge is -2.44. The van der Waals surface area contributed by atoms with Crippen LogP contribution in [-0.4, -0.2) is 56.2 Å². The summed E-state index contributed by atoms with van der Waals surface area (Å²) in [6.07, 6.45) is 7.41. The van der Waals surface area contributed by atoms with E-state index in [1.807, 2.05) is 6.07 Å². The number of rotatable bonds is 6. The zero-order valence-electron chi connectivity index (χ0n) is 19.0. The highest BCUT2D eigenvalue weighted by molar-refractivity contribution is 5.81. The molecule has 0 radical (unpaired) electrons. The van der Waals surface area contributed by atoms with Crippen LogP contribution in [-0.2, 0) is 25.6 Å². The summed E-state index contributed by atoms with van der Waals surface area (Å²) in [6.45, 7) is 5.80. The van der Waals surface area contributed by atoms with Gasteiger partial charge in [-0.1, -0.05) is 43.7 Å². The van der Waals surface area contributed by atoms with E-state index in [4.69, 9.17) is 9.53 Å². The van der Waals surface area contributed by atoms with Crippen molar-refractivity contribution in [2.75, 3.05) is 26.8 Å². The monoisotopic (exact) mass is 430 g/mol. The molecule has 2 saturated carbocycles. The van der Waals surface area contributed by atoms with Crippen LogP contribution in [0.5, 0.6) is 0 Å². The number of ether oxygens (including phenoxy) is 2. The van der Waals surface area contributed by atoms with Crippen LogP contribution in [0.2, 0.25) is 0 Å². The van der Waals surface area contributed by atoms with Crippen molar-refractivity contribution in [1.82, 2.24) is 10.2 Å². The van der Waals surface area contributed by atoms with Gasteiger partial charge in [-0.3, -0.25) is 14.5 Å². The number of methoxy groups -OCH3 is 1. The normalized spacial score (nSPS) is 30.5. The van der Waals surface area contributed by atoms with E-state index in [-0.39, 0.29) is 12.0 Å². The third kappa shape index (κ3) is 7.04. The number of amides is 1. The minimum absolute atomic E-state index is 0.106. The first-order valence-corrected chi connectivity index (χ1v) is 11.8. The van der Waals surface area contributed by atoms with Crippen molar-refractivity contribution in [2.45, 2.75) is 64.1 Å². The molecule has 1 saturated heterocycles. The minimum Gasteiger partial charge on any atom is -0.471 e. The number of carbonyl (C=O) groups excluding carboxylic acids is 2. The predicted octanol–water partition coefficient (Wildman–Crippen LogP) is 3.40. The number of fused-ring (bicyclic) bond motifs is 2. The maximum absolute atomic E-state index is 12.9. The number of carbonyl (C=O) groups is 2. The molecule has 2 aliphatic carbocycles. The second kappa shape index (κ2) is 12.2. The zero-order valence-corrected chi connectivity index (χ0v) is 19.0. The molecule has 1 heterocycles. The molecule has 1 amide bonds. The number of nitrogens with one attached hydrogen (secondary N) is 1. The number of morpholine rings is 1. The van der Waals surface area contributed by atoms with Crippen LogP contribution in [0.1, 0.15) is 51.0 Å². The van der Waals surface area contributed by atoms with Crippen LogP contribution in [0.3, 0.4) is 0 Å². The Morgan fingerprint density at radius 2 is 2.00 bits per heavy atom. The first kappa shape index (κ1) is 23.7. The lowest BCUT2D eigenvalue weighted by Crippen LogP contribution is -2.54. The van der Waals surface area contributed by atoms with E-state index < -0.39 is 0 Å². The Morgan fingerprint density at radius 1 is 1.23 bits per heavy atom. The molecule has 0 aromatic heterocycles. The van der Waals surface area contributed by atoms with Crippen LogP contribution < -0.4 is 5.32 Å². The third-order valence-electron chi connectivity index (χ3n) is 7.09. The Kier molecular flexibility index (Phi) is 9.34. The van der Waals surface area contributed by atoms with Crippen molar-refractivity contribution in [2.24, 2.45) is 17.8 Å². The van der Waals surface area contributed by atoms with Crippen molar-refractivity contribution >= 4 is 12.4 Å². The Balaban J connectivity index is 0.000000628. The van der Waals surface area contributed by atoms with Gasteiger partial charge in [-0.05, 0) is 55.4 Å². The molecule has 3 aliphatic rings. The van der Waals surface area contributed by atoms with Crippen LogP contribution in [0, 0.1) is 17.8 Å². The first-order valence-electron chi connectivity index (χ1n) is 11.8. The molecule has 5 unspecified atom stereocenters. The fraction of sp³-hybridized carbons (Fsp3) is 0.680.